The van der Waals surface area contributed by atoms with E-state index in [-0.39, 0.29) is 0 Å². The van der Waals surface area contributed by atoms with Gasteiger partial charge in [0.05, 0.1) is 24.5 Å². The highest BCUT2D eigenvalue weighted by molar-refractivity contribution is 5.73. The number of H-pyrrole nitrogens is 1. The molecule has 1 aromatic heterocycles. The van der Waals surface area contributed by atoms with Crippen molar-refractivity contribution in [3.63, 3.8) is 0 Å². The van der Waals surface area contributed by atoms with Crippen LogP contribution >= 0.6 is 0 Å². The SMILES string of the molecule is Nc1cc(-c2c(F)ccc3c2OCCCO3)[nH]n1. The molecule has 0 radical (unpaired) electrons. The number of nitrogens with one attached hydrogen (secondary N) is 1. The zero-order chi connectivity index (χ0) is 12.5. The number of benzene rings is 1. The molecule has 1 aliphatic rings. The highest BCUT2D eigenvalue weighted by Gasteiger charge is 2.21. The van der Waals surface area contributed by atoms with Gasteiger partial charge in [0, 0.05) is 12.5 Å². The third-order valence-corrected chi connectivity index (χ3v) is 2.73. The number of nitrogen functional groups attached to an aromatic ring is 1. The van der Waals surface area contributed by atoms with E-state index in [9.17, 15) is 4.39 Å². The molecule has 2 aromatic rings. The minimum absolute atomic E-state index is 0.302. The van der Waals surface area contributed by atoms with Gasteiger partial charge < -0.3 is 15.2 Å². The molecule has 0 atom stereocenters. The number of ether oxygens (including phenoxy) is 2. The summed E-state index contributed by atoms with van der Waals surface area (Å²) in [5, 5.41) is 6.48. The summed E-state index contributed by atoms with van der Waals surface area (Å²) in [4.78, 5) is 0. The van der Waals surface area contributed by atoms with Gasteiger partial charge in [-0.05, 0) is 12.1 Å². The van der Waals surface area contributed by atoms with Gasteiger partial charge in [0.1, 0.15) is 11.6 Å². The fourth-order valence-electron chi connectivity index (χ4n) is 1.93. The molecule has 94 valence electrons. The van der Waals surface area contributed by atoms with Crippen LogP contribution in [0.5, 0.6) is 11.5 Å². The quantitative estimate of drug-likeness (QED) is 0.810. The van der Waals surface area contributed by atoms with Crippen LogP contribution in [0.25, 0.3) is 11.3 Å². The summed E-state index contributed by atoms with van der Waals surface area (Å²) in [6.07, 6.45) is 0.765. The maximum absolute atomic E-state index is 14.0. The van der Waals surface area contributed by atoms with Crippen molar-refractivity contribution in [2.75, 3.05) is 18.9 Å². The monoisotopic (exact) mass is 249 g/mol. The van der Waals surface area contributed by atoms with Crippen LogP contribution in [0.2, 0.25) is 0 Å². The molecule has 5 nitrogen and oxygen atoms in total. The largest absolute Gasteiger partial charge is 0.490 e. The lowest BCUT2D eigenvalue weighted by Gasteiger charge is -2.12. The van der Waals surface area contributed by atoms with Crippen molar-refractivity contribution in [1.29, 1.82) is 0 Å². The Labute approximate surface area is 103 Å². The molecule has 3 rings (SSSR count). The van der Waals surface area contributed by atoms with Crippen molar-refractivity contribution in [3.8, 4) is 22.8 Å². The molecule has 0 saturated heterocycles. The third-order valence-electron chi connectivity index (χ3n) is 2.73. The summed E-state index contributed by atoms with van der Waals surface area (Å²) in [5.74, 6) is 0.840. The zero-order valence-electron chi connectivity index (χ0n) is 9.57. The number of nitrogens with zero attached hydrogens (tertiary/aromatic N) is 1. The summed E-state index contributed by atoms with van der Waals surface area (Å²) in [7, 11) is 0. The van der Waals surface area contributed by atoms with E-state index in [0.717, 1.165) is 6.42 Å². The van der Waals surface area contributed by atoms with Crippen LogP contribution < -0.4 is 15.2 Å². The van der Waals surface area contributed by atoms with E-state index in [1.165, 1.54) is 6.07 Å². The van der Waals surface area contributed by atoms with Gasteiger partial charge in [-0.3, -0.25) is 5.10 Å². The van der Waals surface area contributed by atoms with Crippen LogP contribution in [0.4, 0.5) is 10.2 Å². The molecule has 0 bridgehead atoms. The van der Waals surface area contributed by atoms with Crippen LogP contribution in [0.15, 0.2) is 18.2 Å². The van der Waals surface area contributed by atoms with Gasteiger partial charge in [-0.15, -0.1) is 0 Å². The van der Waals surface area contributed by atoms with Crippen molar-refractivity contribution in [1.82, 2.24) is 10.2 Å². The van der Waals surface area contributed by atoms with Gasteiger partial charge in [-0.25, -0.2) is 4.39 Å². The Morgan fingerprint density at radius 1 is 1.28 bits per heavy atom. The molecule has 0 amide bonds. The molecule has 18 heavy (non-hydrogen) atoms. The zero-order valence-corrected chi connectivity index (χ0v) is 9.57. The number of hydrogen-bond acceptors (Lipinski definition) is 4. The minimum atomic E-state index is -0.400. The number of halogens is 1. The highest BCUT2D eigenvalue weighted by Crippen LogP contribution is 2.40. The molecule has 1 aliphatic heterocycles. The second-order valence-corrected chi connectivity index (χ2v) is 4.01. The maximum Gasteiger partial charge on any atom is 0.173 e. The van der Waals surface area contributed by atoms with Gasteiger partial charge in [-0.2, -0.15) is 5.10 Å². The number of aromatic nitrogens is 2. The Morgan fingerprint density at radius 3 is 2.89 bits per heavy atom. The van der Waals surface area contributed by atoms with Crippen LogP contribution in [-0.4, -0.2) is 23.4 Å². The molecule has 3 N–H and O–H groups in total. The maximum atomic E-state index is 14.0. The topological polar surface area (TPSA) is 73.2 Å². The summed E-state index contributed by atoms with van der Waals surface area (Å²) in [6.45, 7) is 1.05. The average molecular weight is 249 g/mol. The van der Waals surface area contributed by atoms with Crippen LogP contribution in [0, 0.1) is 5.82 Å². The van der Waals surface area contributed by atoms with Gasteiger partial charge in [-0.1, -0.05) is 0 Å². The lowest BCUT2D eigenvalue weighted by Crippen LogP contribution is -1.98. The van der Waals surface area contributed by atoms with Crippen molar-refractivity contribution in [2.24, 2.45) is 0 Å². The van der Waals surface area contributed by atoms with Crippen LogP contribution in [0.1, 0.15) is 6.42 Å². The van der Waals surface area contributed by atoms with Crippen LogP contribution in [0.3, 0.4) is 0 Å². The van der Waals surface area contributed by atoms with E-state index >= 15 is 0 Å². The molecule has 1 aromatic carbocycles. The Morgan fingerprint density at radius 2 is 2.11 bits per heavy atom. The normalized spacial score (nSPS) is 14.3. The van der Waals surface area contributed by atoms with E-state index in [1.54, 1.807) is 12.1 Å². The number of hydrogen-bond donors (Lipinski definition) is 2. The Hall–Kier alpha value is -2.24. The third kappa shape index (κ3) is 1.75. The van der Waals surface area contributed by atoms with Crippen LogP contribution in [-0.2, 0) is 0 Å². The summed E-state index contributed by atoms with van der Waals surface area (Å²) < 4.78 is 25.1. The van der Waals surface area contributed by atoms with Crippen molar-refractivity contribution < 1.29 is 13.9 Å². The number of aromatic amines is 1. The Kier molecular flexibility index (Phi) is 2.55. The van der Waals surface area contributed by atoms with Gasteiger partial charge in [0.15, 0.2) is 11.5 Å². The fraction of sp³-hybridized carbons (Fsp3) is 0.250. The molecule has 0 spiro atoms. The first-order valence-electron chi connectivity index (χ1n) is 5.65. The predicted molar refractivity (Wildman–Crippen MR) is 64.0 cm³/mol. The summed E-state index contributed by atoms with van der Waals surface area (Å²) in [5.41, 5.74) is 6.32. The minimum Gasteiger partial charge on any atom is -0.490 e. The number of fused-ring (bicyclic) bond motifs is 1. The number of rotatable bonds is 1. The lowest BCUT2D eigenvalue weighted by atomic mass is 10.1. The molecular formula is C12H12FN3O2. The Balaban J connectivity index is 2.18. The van der Waals surface area contributed by atoms with Crippen molar-refractivity contribution in [2.45, 2.75) is 6.42 Å². The molecular weight excluding hydrogens is 237 g/mol. The average Bonchev–Trinajstić information content (AvgIpc) is 2.63. The molecule has 0 saturated carbocycles. The number of anilines is 1. The first kappa shape index (κ1) is 10.9. The molecule has 0 aliphatic carbocycles. The van der Waals surface area contributed by atoms with E-state index in [4.69, 9.17) is 15.2 Å². The molecule has 0 fully saturated rings. The van der Waals surface area contributed by atoms with Gasteiger partial charge in [0.2, 0.25) is 0 Å². The smallest absolute Gasteiger partial charge is 0.173 e. The second-order valence-electron chi connectivity index (χ2n) is 4.01. The van der Waals surface area contributed by atoms with E-state index in [0.29, 0.717) is 41.8 Å². The van der Waals surface area contributed by atoms with Crippen molar-refractivity contribution in [3.05, 3.63) is 24.0 Å². The van der Waals surface area contributed by atoms with Crippen molar-refractivity contribution >= 4 is 5.82 Å². The molecule has 0 unspecified atom stereocenters. The highest BCUT2D eigenvalue weighted by atomic mass is 19.1. The van der Waals surface area contributed by atoms with E-state index < -0.39 is 5.82 Å². The van der Waals surface area contributed by atoms with E-state index in [1.807, 2.05) is 0 Å². The first-order valence-corrected chi connectivity index (χ1v) is 5.65. The first-order chi connectivity index (χ1) is 8.75. The molecule has 6 heteroatoms. The number of nitrogens with two attached hydrogens (primary N) is 1. The standard InChI is InChI=1S/C12H12FN3O2/c13-7-2-3-9-12(18-5-1-4-17-9)11(7)8-6-10(14)16-15-8/h2-3,6H,1,4-5H2,(H3,14,15,16). The Bertz CT molecular complexity index is 583. The summed E-state index contributed by atoms with van der Waals surface area (Å²) >= 11 is 0. The lowest BCUT2D eigenvalue weighted by molar-refractivity contribution is 0.297. The van der Waals surface area contributed by atoms with Gasteiger partial charge in [0.25, 0.3) is 0 Å². The fourth-order valence-corrected chi connectivity index (χ4v) is 1.93. The van der Waals surface area contributed by atoms with E-state index in [2.05, 4.69) is 10.2 Å². The van der Waals surface area contributed by atoms with Gasteiger partial charge >= 0.3 is 0 Å². The second kappa shape index (κ2) is 4.21. The molecule has 2 heterocycles. The predicted octanol–water partition coefficient (Wildman–Crippen LogP) is 1.96. The summed E-state index contributed by atoms with van der Waals surface area (Å²) in [6, 6.07) is 4.48.